The molecule has 2 unspecified atom stereocenters. The first-order valence-electron chi connectivity index (χ1n) is 8.54. The molecule has 1 aromatic heterocycles. The summed E-state index contributed by atoms with van der Waals surface area (Å²) in [6.45, 7) is 11.3. The van der Waals surface area contributed by atoms with Gasteiger partial charge in [0, 0.05) is 30.9 Å². The molecule has 1 saturated carbocycles. The number of hydrogen-bond acceptors (Lipinski definition) is 3. The van der Waals surface area contributed by atoms with Crippen LogP contribution < -0.4 is 10.2 Å². The van der Waals surface area contributed by atoms with Crippen molar-refractivity contribution in [3.63, 3.8) is 0 Å². The van der Waals surface area contributed by atoms with Crippen molar-refractivity contribution in [3.05, 3.63) is 23.4 Å². The highest BCUT2D eigenvalue weighted by Gasteiger charge is 2.28. The van der Waals surface area contributed by atoms with Crippen molar-refractivity contribution in [2.45, 2.75) is 71.5 Å². The van der Waals surface area contributed by atoms with Crippen LogP contribution in [0.3, 0.4) is 0 Å². The number of pyridine rings is 1. The second-order valence-corrected chi connectivity index (χ2v) is 7.41. The second-order valence-electron chi connectivity index (χ2n) is 7.41. The molecule has 2 atom stereocenters. The highest BCUT2D eigenvalue weighted by Crippen LogP contribution is 2.29. The SMILES string of the molecule is CC1CC(C)N(c2cc(CNC3CC3)cc(C(C)C)n2)C1. The summed E-state index contributed by atoms with van der Waals surface area (Å²) in [7, 11) is 0. The third-order valence-corrected chi connectivity index (χ3v) is 4.73. The van der Waals surface area contributed by atoms with E-state index in [1.807, 2.05) is 0 Å². The molecule has 116 valence electrons. The van der Waals surface area contributed by atoms with E-state index < -0.39 is 0 Å². The number of nitrogens with one attached hydrogen (secondary N) is 1. The van der Waals surface area contributed by atoms with E-state index in [4.69, 9.17) is 4.98 Å². The normalized spacial score (nSPS) is 25.9. The molecule has 1 aliphatic carbocycles. The minimum atomic E-state index is 0.486. The topological polar surface area (TPSA) is 28.2 Å². The van der Waals surface area contributed by atoms with E-state index in [9.17, 15) is 0 Å². The zero-order chi connectivity index (χ0) is 15.0. The van der Waals surface area contributed by atoms with Crippen molar-refractivity contribution in [1.82, 2.24) is 10.3 Å². The van der Waals surface area contributed by atoms with Crippen LogP contribution in [0.4, 0.5) is 5.82 Å². The second kappa shape index (κ2) is 5.96. The van der Waals surface area contributed by atoms with Crippen LogP contribution in [0.15, 0.2) is 12.1 Å². The Bertz CT molecular complexity index is 493. The first-order valence-corrected chi connectivity index (χ1v) is 8.54. The Morgan fingerprint density at radius 1 is 1.29 bits per heavy atom. The van der Waals surface area contributed by atoms with Gasteiger partial charge in [0.1, 0.15) is 5.82 Å². The minimum absolute atomic E-state index is 0.486. The van der Waals surface area contributed by atoms with E-state index in [-0.39, 0.29) is 0 Å². The zero-order valence-electron chi connectivity index (χ0n) is 13.9. The van der Waals surface area contributed by atoms with Gasteiger partial charge in [-0.25, -0.2) is 4.98 Å². The monoisotopic (exact) mass is 287 g/mol. The predicted molar refractivity (Wildman–Crippen MR) is 88.8 cm³/mol. The van der Waals surface area contributed by atoms with Crippen LogP contribution in [0, 0.1) is 5.92 Å². The van der Waals surface area contributed by atoms with E-state index >= 15 is 0 Å². The van der Waals surface area contributed by atoms with E-state index in [0.29, 0.717) is 12.0 Å². The van der Waals surface area contributed by atoms with E-state index in [1.165, 1.54) is 36.3 Å². The summed E-state index contributed by atoms with van der Waals surface area (Å²) in [5, 5.41) is 3.63. The van der Waals surface area contributed by atoms with Crippen molar-refractivity contribution in [2.75, 3.05) is 11.4 Å². The lowest BCUT2D eigenvalue weighted by Crippen LogP contribution is -2.28. The van der Waals surface area contributed by atoms with E-state index in [2.05, 4.69) is 50.0 Å². The average Bonchev–Trinajstić information content (AvgIpc) is 3.20. The van der Waals surface area contributed by atoms with Gasteiger partial charge in [0.05, 0.1) is 0 Å². The van der Waals surface area contributed by atoms with Gasteiger partial charge >= 0.3 is 0 Å². The molecule has 1 aliphatic heterocycles. The number of aromatic nitrogens is 1. The molecule has 3 nitrogen and oxygen atoms in total. The number of nitrogens with zero attached hydrogens (tertiary/aromatic N) is 2. The van der Waals surface area contributed by atoms with Crippen LogP contribution in [0.5, 0.6) is 0 Å². The largest absolute Gasteiger partial charge is 0.354 e. The van der Waals surface area contributed by atoms with E-state index in [1.54, 1.807) is 0 Å². The first kappa shape index (κ1) is 14.8. The standard InChI is InChI=1S/C18H29N3/c1-12(2)17-8-15(10-19-16-5-6-16)9-18(20-17)21-11-13(3)7-14(21)4/h8-9,12-14,16,19H,5-7,10-11H2,1-4H3. The lowest BCUT2D eigenvalue weighted by atomic mass is 10.1. The fourth-order valence-electron chi connectivity index (χ4n) is 3.31. The Balaban J connectivity index is 1.83. The van der Waals surface area contributed by atoms with E-state index in [0.717, 1.165) is 25.0 Å². The maximum Gasteiger partial charge on any atom is 0.129 e. The Morgan fingerprint density at radius 3 is 2.62 bits per heavy atom. The molecular formula is C18H29N3. The molecule has 3 rings (SSSR count). The molecule has 0 amide bonds. The lowest BCUT2D eigenvalue weighted by molar-refractivity contribution is 0.625. The summed E-state index contributed by atoms with van der Waals surface area (Å²) in [4.78, 5) is 7.44. The fourth-order valence-corrected chi connectivity index (χ4v) is 3.31. The molecule has 21 heavy (non-hydrogen) atoms. The van der Waals surface area contributed by atoms with Gasteiger partial charge in [-0.3, -0.25) is 0 Å². The maximum absolute atomic E-state index is 4.94. The Morgan fingerprint density at radius 2 is 2.05 bits per heavy atom. The van der Waals surface area contributed by atoms with Gasteiger partial charge in [0.15, 0.2) is 0 Å². The zero-order valence-corrected chi connectivity index (χ0v) is 13.9. The predicted octanol–water partition coefficient (Wildman–Crippen LogP) is 3.69. The van der Waals surface area contributed by atoms with Crippen molar-refractivity contribution < 1.29 is 0 Å². The molecule has 2 fully saturated rings. The Labute approximate surface area is 129 Å². The minimum Gasteiger partial charge on any atom is -0.354 e. The highest BCUT2D eigenvalue weighted by atomic mass is 15.2. The quantitative estimate of drug-likeness (QED) is 0.895. The summed E-state index contributed by atoms with van der Waals surface area (Å²) in [5.74, 6) is 2.45. The molecule has 3 heteroatoms. The van der Waals surface area contributed by atoms with Gasteiger partial charge < -0.3 is 10.2 Å². The molecule has 1 saturated heterocycles. The molecular weight excluding hydrogens is 258 g/mol. The number of anilines is 1. The van der Waals surface area contributed by atoms with Crippen LogP contribution in [0.1, 0.15) is 64.1 Å². The highest BCUT2D eigenvalue weighted by molar-refractivity contribution is 5.45. The summed E-state index contributed by atoms with van der Waals surface area (Å²) >= 11 is 0. The summed E-state index contributed by atoms with van der Waals surface area (Å²) in [5.41, 5.74) is 2.62. The first-order chi connectivity index (χ1) is 10.0. The van der Waals surface area contributed by atoms with Crippen LogP contribution in [0.25, 0.3) is 0 Å². The third kappa shape index (κ3) is 3.57. The van der Waals surface area contributed by atoms with Gasteiger partial charge in [-0.1, -0.05) is 20.8 Å². The molecule has 0 spiro atoms. The number of hydrogen-bond donors (Lipinski definition) is 1. The van der Waals surface area contributed by atoms with Crippen LogP contribution >= 0.6 is 0 Å². The van der Waals surface area contributed by atoms with Crippen molar-refractivity contribution in [1.29, 1.82) is 0 Å². The molecule has 1 N–H and O–H groups in total. The lowest BCUT2D eigenvalue weighted by Gasteiger charge is -2.24. The van der Waals surface area contributed by atoms with Gasteiger partial charge in [-0.05, 0) is 55.7 Å². The molecule has 1 aromatic rings. The van der Waals surface area contributed by atoms with Crippen molar-refractivity contribution >= 4 is 5.82 Å². The molecule has 0 bridgehead atoms. The summed E-state index contributed by atoms with van der Waals surface area (Å²) < 4.78 is 0. The Hall–Kier alpha value is -1.09. The molecule has 0 aromatic carbocycles. The van der Waals surface area contributed by atoms with Crippen LogP contribution in [-0.2, 0) is 6.54 Å². The fraction of sp³-hybridized carbons (Fsp3) is 0.722. The van der Waals surface area contributed by atoms with Gasteiger partial charge in [-0.15, -0.1) is 0 Å². The Kier molecular flexibility index (Phi) is 4.21. The van der Waals surface area contributed by atoms with Crippen molar-refractivity contribution in [2.24, 2.45) is 5.92 Å². The van der Waals surface area contributed by atoms with Crippen LogP contribution in [-0.4, -0.2) is 23.6 Å². The smallest absolute Gasteiger partial charge is 0.129 e. The average molecular weight is 287 g/mol. The summed E-state index contributed by atoms with van der Waals surface area (Å²) in [6, 6.07) is 5.96. The molecule has 2 heterocycles. The molecule has 0 radical (unpaired) electrons. The van der Waals surface area contributed by atoms with Gasteiger partial charge in [0.25, 0.3) is 0 Å². The van der Waals surface area contributed by atoms with Gasteiger partial charge in [-0.2, -0.15) is 0 Å². The summed E-state index contributed by atoms with van der Waals surface area (Å²) in [6.07, 6.45) is 3.97. The third-order valence-electron chi connectivity index (χ3n) is 4.73. The van der Waals surface area contributed by atoms with Crippen LogP contribution in [0.2, 0.25) is 0 Å². The van der Waals surface area contributed by atoms with Gasteiger partial charge in [0.2, 0.25) is 0 Å². The van der Waals surface area contributed by atoms with Crippen molar-refractivity contribution in [3.8, 4) is 0 Å². The maximum atomic E-state index is 4.94. The molecule has 2 aliphatic rings. The number of rotatable bonds is 5.